The molecule has 0 bridgehead atoms. The van der Waals surface area contributed by atoms with Crippen LogP contribution in [0.25, 0.3) is 0 Å². The molecular formula is C13H23N5O2. The third kappa shape index (κ3) is 3.77. The lowest BCUT2D eigenvalue weighted by Crippen LogP contribution is -2.40. The molecule has 3 N–H and O–H groups in total. The van der Waals surface area contributed by atoms with Crippen LogP contribution in [0.5, 0.6) is 0 Å². The minimum atomic E-state index is -0.888. The summed E-state index contributed by atoms with van der Waals surface area (Å²) in [5.74, 6) is -0.293. The first-order chi connectivity index (χ1) is 9.52. The van der Waals surface area contributed by atoms with E-state index in [4.69, 9.17) is 0 Å². The SMILES string of the molecule is CCC(C)(O)CNC(=O)c1cn(C2CCNCC2)nn1. The van der Waals surface area contributed by atoms with Crippen LogP contribution in [0.1, 0.15) is 49.6 Å². The Bertz CT molecular complexity index is 451. The normalized spacial score (nSPS) is 19.6. The minimum Gasteiger partial charge on any atom is -0.388 e. The summed E-state index contributed by atoms with van der Waals surface area (Å²) in [6.45, 7) is 5.71. The molecule has 1 unspecified atom stereocenters. The van der Waals surface area contributed by atoms with Crippen molar-refractivity contribution in [3.8, 4) is 0 Å². The molecule has 1 aromatic heterocycles. The summed E-state index contributed by atoms with van der Waals surface area (Å²) in [4.78, 5) is 12.0. The topological polar surface area (TPSA) is 92.1 Å². The zero-order valence-corrected chi connectivity index (χ0v) is 12.1. The fourth-order valence-electron chi connectivity index (χ4n) is 2.12. The quantitative estimate of drug-likeness (QED) is 0.711. The summed E-state index contributed by atoms with van der Waals surface area (Å²) < 4.78 is 1.77. The van der Waals surface area contributed by atoms with Crippen molar-refractivity contribution >= 4 is 5.91 Å². The highest BCUT2D eigenvalue weighted by Crippen LogP contribution is 2.17. The van der Waals surface area contributed by atoms with E-state index in [1.165, 1.54) is 0 Å². The smallest absolute Gasteiger partial charge is 0.273 e. The van der Waals surface area contributed by atoms with Gasteiger partial charge in [-0.3, -0.25) is 4.79 Å². The molecule has 0 aliphatic carbocycles. The Labute approximate surface area is 118 Å². The first kappa shape index (κ1) is 14.9. The van der Waals surface area contributed by atoms with Gasteiger partial charge in [0.2, 0.25) is 0 Å². The van der Waals surface area contributed by atoms with E-state index in [-0.39, 0.29) is 12.5 Å². The van der Waals surface area contributed by atoms with Crippen molar-refractivity contribution in [2.45, 2.75) is 44.8 Å². The largest absolute Gasteiger partial charge is 0.388 e. The summed E-state index contributed by atoms with van der Waals surface area (Å²) in [5.41, 5.74) is -0.587. The van der Waals surface area contributed by atoms with Gasteiger partial charge in [0.15, 0.2) is 5.69 Å². The van der Waals surface area contributed by atoms with Crippen LogP contribution >= 0.6 is 0 Å². The van der Waals surface area contributed by atoms with Crippen molar-refractivity contribution in [1.29, 1.82) is 0 Å². The first-order valence-electron chi connectivity index (χ1n) is 7.15. The van der Waals surface area contributed by atoms with Gasteiger partial charge in [-0.15, -0.1) is 5.10 Å². The van der Waals surface area contributed by atoms with Crippen molar-refractivity contribution in [2.24, 2.45) is 0 Å². The van der Waals surface area contributed by atoms with E-state index in [2.05, 4.69) is 20.9 Å². The lowest BCUT2D eigenvalue weighted by molar-refractivity contribution is 0.0517. The van der Waals surface area contributed by atoms with Crippen LogP contribution in [0.15, 0.2) is 6.20 Å². The Hall–Kier alpha value is -1.47. The predicted molar refractivity (Wildman–Crippen MR) is 74.4 cm³/mol. The number of rotatable bonds is 5. The van der Waals surface area contributed by atoms with E-state index >= 15 is 0 Å². The number of hydrogen-bond acceptors (Lipinski definition) is 5. The van der Waals surface area contributed by atoms with Gasteiger partial charge >= 0.3 is 0 Å². The number of nitrogens with zero attached hydrogens (tertiary/aromatic N) is 3. The average molecular weight is 281 g/mol. The zero-order valence-electron chi connectivity index (χ0n) is 12.1. The summed E-state index contributed by atoms with van der Waals surface area (Å²) in [7, 11) is 0. The Balaban J connectivity index is 1.92. The van der Waals surface area contributed by atoms with Gasteiger partial charge in [-0.25, -0.2) is 4.68 Å². The molecule has 7 nitrogen and oxygen atoms in total. The lowest BCUT2D eigenvalue weighted by atomic mass is 10.0. The van der Waals surface area contributed by atoms with Crippen LogP contribution in [-0.2, 0) is 0 Å². The third-order valence-electron chi connectivity index (χ3n) is 3.82. The van der Waals surface area contributed by atoms with Gasteiger partial charge in [0.25, 0.3) is 5.91 Å². The molecule has 1 aromatic rings. The number of amides is 1. The second-order valence-corrected chi connectivity index (χ2v) is 5.60. The molecule has 1 saturated heterocycles. The Morgan fingerprint density at radius 3 is 2.95 bits per heavy atom. The van der Waals surface area contributed by atoms with Crippen LogP contribution in [0.4, 0.5) is 0 Å². The maximum atomic E-state index is 12.0. The number of aromatic nitrogens is 3. The molecule has 1 aliphatic rings. The van der Waals surface area contributed by atoms with Crippen LogP contribution in [0.3, 0.4) is 0 Å². The number of nitrogens with one attached hydrogen (secondary N) is 2. The lowest BCUT2D eigenvalue weighted by Gasteiger charge is -2.22. The molecule has 20 heavy (non-hydrogen) atoms. The number of piperidine rings is 1. The molecule has 0 spiro atoms. The van der Waals surface area contributed by atoms with Gasteiger partial charge in [0, 0.05) is 6.54 Å². The zero-order chi connectivity index (χ0) is 14.6. The average Bonchev–Trinajstić information content (AvgIpc) is 2.96. The molecule has 7 heteroatoms. The van der Waals surface area contributed by atoms with Crippen molar-refractivity contribution in [3.05, 3.63) is 11.9 Å². The van der Waals surface area contributed by atoms with Crippen molar-refractivity contribution < 1.29 is 9.90 Å². The highest BCUT2D eigenvalue weighted by molar-refractivity contribution is 5.91. The number of aliphatic hydroxyl groups is 1. The first-order valence-corrected chi connectivity index (χ1v) is 7.15. The Morgan fingerprint density at radius 2 is 2.30 bits per heavy atom. The number of carbonyl (C=O) groups is 1. The van der Waals surface area contributed by atoms with E-state index in [9.17, 15) is 9.90 Å². The fraction of sp³-hybridized carbons (Fsp3) is 0.769. The summed E-state index contributed by atoms with van der Waals surface area (Å²) in [6.07, 6.45) is 4.25. The highest BCUT2D eigenvalue weighted by atomic mass is 16.3. The molecular weight excluding hydrogens is 258 g/mol. The van der Waals surface area contributed by atoms with Gasteiger partial charge in [0.1, 0.15) is 0 Å². The number of carbonyl (C=O) groups excluding carboxylic acids is 1. The molecule has 2 rings (SSSR count). The molecule has 1 atom stereocenters. The maximum absolute atomic E-state index is 12.0. The Morgan fingerprint density at radius 1 is 1.60 bits per heavy atom. The van der Waals surface area contributed by atoms with Gasteiger partial charge < -0.3 is 15.7 Å². The fourth-order valence-corrected chi connectivity index (χ4v) is 2.12. The Kier molecular flexibility index (Phi) is 4.72. The maximum Gasteiger partial charge on any atom is 0.273 e. The van der Waals surface area contributed by atoms with Gasteiger partial charge in [-0.05, 0) is 39.3 Å². The molecule has 0 radical (unpaired) electrons. The molecule has 1 fully saturated rings. The van der Waals surface area contributed by atoms with Gasteiger partial charge in [0.05, 0.1) is 17.8 Å². The second-order valence-electron chi connectivity index (χ2n) is 5.60. The summed E-state index contributed by atoms with van der Waals surface area (Å²) in [6, 6.07) is 0.309. The molecule has 1 aliphatic heterocycles. The van der Waals surface area contributed by atoms with Crippen LogP contribution in [-0.4, -0.2) is 51.2 Å². The van der Waals surface area contributed by atoms with Crippen molar-refractivity contribution in [1.82, 2.24) is 25.6 Å². The van der Waals surface area contributed by atoms with Crippen LogP contribution in [0.2, 0.25) is 0 Å². The van der Waals surface area contributed by atoms with Crippen LogP contribution < -0.4 is 10.6 Å². The van der Waals surface area contributed by atoms with Gasteiger partial charge in [-0.2, -0.15) is 0 Å². The number of hydrogen-bond donors (Lipinski definition) is 3. The van der Waals surface area contributed by atoms with E-state index in [0.29, 0.717) is 18.2 Å². The predicted octanol–water partition coefficient (Wildman–Crippen LogP) is 0.0934. The second kappa shape index (κ2) is 6.32. The minimum absolute atomic E-state index is 0.211. The highest BCUT2D eigenvalue weighted by Gasteiger charge is 2.21. The molecule has 0 saturated carbocycles. The van der Waals surface area contributed by atoms with Crippen molar-refractivity contribution in [2.75, 3.05) is 19.6 Å². The summed E-state index contributed by atoms with van der Waals surface area (Å²) in [5, 5.41) is 23.8. The van der Waals surface area contributed by atoms with Crippen LogP contribution in [0, 0.1) is 0 Å². The third-order valence-corrected chi connectivity index (χ3v) is 3.82. The molecule has 2 heterocycles. The molecule has 112 valence electrons. The monoisotopic (exact) mass is 281 g/mol. The van der Waals surface area contributed by atoms with E-state index in [1.54, 1.807) is 17.8 Å². The molecule has 1 amide bonds. The molecule has 0 aromatic carbocycles. The van der Waals surface area contributed by atoms with Gasteiger partial charge in [-0.1, -0.05) is 12.1 Å². The van der Waals surface area contributed by atoms with E-state index in [0.717, 1.165) is 25.9 Å². The van der Waals surface area contributed by atoms with E-state index in [1.807, 2.05) is 6.92 Å². The van der Waals surface area contributed by atoms with Crippen molar-refractivity contribution in [3.63, 3.8) is 0 Å². The van der Waals surface area contributed by atoms with E-state index < -0.39 is 5.60 Å². The summed E-state index contributed by atoms with van der Waals surface area (Å²) >= 11 is 0. The standard InChI is InChI=1S/C13H23N5O2/c1-3-13(2,20)9-15-12(19)11-8-18(17-16-11)10-4-6-14-7-5-10/h8,10,14,20H,3-7,9H2,1-2H3,(H,15,19).